The summed E-state index contributed by atoms with van der Waals surface area (Å²) < 4.78 is 0. The van der Waals surface area contributed by atoms with Gasteiger partial charge in [0, 0.05) is 12.1 Å². The largest absolute Gasteiger partial charge is 0.328 e. The van der Waals surface area contributed by atoms with Gasteiger partial charge in [0.2, 0.25) is 0 Å². The minimum absolute atomic E-state index is 0.474. The Morgan fingerprint density at radius 1 is 0.423 bits per heavy atom. The lowest BCUT2D eigenvalue weighted by molar-refractivity contribution is 0.00125. The Balaban J connectivity index is 1.54. The van der Waals surface area contributed by atoms with Gasteiger partial charge in [0.05, 0.1) is 0 Å². The first kappa shape index (κ1) is 20.6. The average molecular weight is 363 g/mol. The van der Waals surface area contributed by atoms with Crippen LogP contribution in [0.5, 0.6) is 0 Å². The number of rotatable bonds is 4. The van der Waals surface area contributed by atoms with Gasteiger partial charge in [0.1, 0.15) is 0 Å². The molecule has 0 unspecified atom stereocenters. The molecule has 0 radical (unpaired) electrons. The first-order valence-electron chi connectivity index (χ1n) is 11.7. The minimum atomic E-state index is 0.474. The summed E-state index contributed by atoms with van der Waals surface area (Å²) in [5.74, 6) is 3.65. The van der Waals surface area contributed by atoms with E-state index in [1.807, 2.05) is 0 Å². The van der Waals surface area contributed by atoms with Crippen molar-refractivity contribution in [2.24, 2.45) is 46.0 Å². The maximum atomic E-state index is 6.16. The van der Waals surface area contributed by atoms with E-state index >= 15 is 0 Å². The van der Waals surface area contributed by atoms with Gasteiger partial charge >= 0.3 is 0 Å². The first-order valence-corrected chi connectivity index (χ1v) is 11.7. The fourth-order valence-corrected chi connectivity index (χ4v) is 6.97. The summed E-state index contributed by atoms with van der Waals surface area (Å²) in [5.41, 5.74) is 13.3. The monoisotopic (exact) mass is 362 g/mol. The van der Waals surface area contributed by atoms with Crippen molar-refractivity contribution < 1.29 is 0 Å². The second-order valence-electron chi connectivity index (χ2n) is 11.4. The Hall–Kier alpha value is -0.0800. The third kappa shape index (κ3) is 4.32. The van der Waals surface area contributed by atoms with Gasteiger partial charge in [-0.05, 0) is 112 Å². The van der Waals surface area contributed by atoms with Crippen molar-refractivity contribution in [2.45, 2.75) is 117 Å². The molecule has 3 saturated carbocycles. The van der Waals surface area contributed by atoms with Crippen LogP contribution in [0.15, 0.2) is 0 Å². The lowest BCUT2D eigenvalue weighted by atomic mass is 9.55. The van der Waals surface area contributed by atoms with E-state index in [0.717, 1.165) is 23.7 Å². The summed E-state index contributed by atoms with van der Waals surface area (Å²) in [6.07, 6.45) is 16.3. The van der Waals surface area contributed by atoms with Crippen molar-refractivity contribution >= 4 is 0 Å². The molecule has 0 atom stereocenters. The molecule has 3 fully saturated rings. The molecule has 0 aliphatic heterocycles. The van der Waals surface area contributed by atoms with Crippen molar-refractivity contribution in [3.05, 3.63) is 0 Å². The molecule has 0 saturated heterocycles. The van der Waals surface area contributed by atoms with Crippen molar-refractivity contribution in [2.75, 3.05) is 0 Å². The Labute approximate surface area is 163 Å². The Morgan fingerprint density at radius 3 is 0.846 bits per heavy atom. The molecule has 3 aliphatic carbocycles. The van der Waals surface area contributed by atoms with Crippen molar-refractivity contribution in [1.29, 1.82) is 0 Å². The average Bonchev–Trinajstić information content (AvgIpc) is 2.62. The predicted molar refractivity (Wildman–Crippen MR) is 113 cm³/mol. The maximum Gasteiger partial charge on any atom is 0.00390 e. The molecule has 0 aromatic heterocycles. The van der Waals surface area contributed by atoms with Crippen LogP contribution in [0.1, 0.15) is 105 Å². The number of nitrogens with two attached hydrogens (primary N) is 2. The van der Waals surface area contributed by atoms with E-state index in [2.05, 4.69) is 27.7 Å². The molecule has 0 aromatic rings. The van der Waals surface area contributed by atoms with E-state index in [0.29, 0.717) is 22.9 Å². The van der Waals surface area contributed by atoms with Crippen LogP contribution in [0.2, 0.25) is 0 Å². The van der Waals surface area contributed by atoms with Crippen LogP contribution >= 0.6 is 0 Å². The van der Waals surface area contributed by atoms with Gasteiger partial charge < -0.3 is 11.5 Å². The lowest BCUT2D eigenvalue weighted by Gasteiger charge is -2.50. The zero-order chi connectivity index (χ0) is 18.9. The zero-order valence-electron chi connectivity index (χ0n) is 18.1. The summed E-state index contributed by atoms with van der Waals surface area (Å²) >= 11 is 0. The smallest absolute Gasteiger partial charge is 0.00390 e. The molecule has 152 valence electrons. The molecule has 0 aromatic carbocycles. The Bertz CT molecular complexity index is 389. The van der Waals surface area contributed by atoms with Crippen molar-refractivity contribution in [3.63, 3.8) is 0 Å². The fraction of sp³-hybridized carbons (Fsp3) is 1.00. The van der Waals surface area contributed by atoms with Gasteiger partial charge in [-0.15, -0.1) is 0 Å². The van der Waals surface area contributed by atoms with Crippen LogP contribution in [0.4, 0.5) is 0 Å². The quantitative estimate of drug-likeness (QED) is 0.656. The minimum Gasteiger partial charge on any atom is -0.328 e. The molecule has 3 aliphatic rings. The SMILES string of the molecule is CC(C)(C1CCC(N)CC1)C1CCC(C(C)(C)C2CCC(N)CC2)CC1. The number of hydrogen-bond acceptors (Lipinski definition) is 2. The normalized spacial score (nSPS) is 40.4. The highest BCUT2D eigenvalue weighted by molar-refractivity contribution is 4.95. The molecule has 2 heteroatoms. The molecular formula is C24H46N2. The lowest BCUT2D eigenvalue weighted by Crippen LogP contribution is -2.42. The molecular weight excluding hydrogens is 316 g/mol. The molecule has 0 bridgehead atoms. The van der Waals surface area contributed by atoms with Crippen molar-refractivity contribution in [3.8, 4) is 0 Å². The third-order valence-electron chi connectivity index (χ3n) is 9.48. The molecule has 3 rings (SSSR count). The van der Waals surface area contributed by atoms with Crippen LogP contribution in [0.3, 0.4) is 0 Å². The van der Waals surface area contributed by atoms with Crippen LogP contribution in [0, 0.1) is 34.5 Å². The Morgan fingerprint density at radius 2 is 0.615 bits per heavy atom. The van der Waals surface area contributed by atoms with E-state index in [4.69, 9.17) is 11.5 Å². The van der Waals surface area contributed by atoms with Crippen LogP contribution in [0.25, 0.3) is 0 Å². The van der Waals surface area contributed by atoms with Gasteiger partial charge in [-0.25, -0.2) is 0 Å². The van der Waals surface area contributed by atoms with Crippen LogP contribution in [-0.4, -0.2) is 12.1 Å². The van der Waals surface area contributed by atoms with Crippen molar-refractivity contribution in [1.82, 2.24) is 0 Å². The van der Waals surface area contributed by atoms with E-state index in [9.17, 15) is 0 Å². The van der Waals surface area contributed by atoms with E-state index in [-0.39, 0.29) is 0 Å². The van der Waals surface area contributed by atoms with Crippen LogP contribution in [-0.2, 0) is 0 Å². The van der Waals surface area contributed by atoms with E-state index < -0.39 is 0 Å². The van der Waals surface area contributed by atoms with Crippen LogP contribution < -0.4 is 11.5 Å². The summed E-state index contributed by atoms with van der Waals surface area (Å²) in [6, 6.07) is 0.949. The molecule has 0 amide bonds. The fourth-order valence-electron chi connectivity index (χ4n) is 6.97. The predicted octanol–water partition coefficient (Wildman–Crippen LogP) is 5.88. The molecule has 0 spiro atoms. The second-order valence-corrected chi connectivity index (χ2v) is 11.4. The summed E-state index contributed by atoms with van der Waals surface area (Å²) in [5, 5.41) is 0. The Kier molecular flexibility index (Phi) is 6.44. The molecule has 0 heterocycles. The standard InChI is InChI=1S/C24H46N2/c1-23(2,19-9-13-21(25)14-10-19)17-5-7-18(8-6-17)24(3,4)20-11-15-22(26)16-12-20/h17-22H,5-16,25-26H2,1-4H3. The molecule has 4 N–H and O–H groups in total. The van der Waals surface area contributed by atoms with Gasteiger partial charge in [0.25, 0.3) is 0 Å². The summed E-state index contributed by atoms with van der Waals surface area (Å²) in [4.78, 5) is 0. The van der Waals surface area contributed by atoms with Gasteiger partial charge in [-0.3, -0.25) is 0 Å². The molecule has 26 heavy (non-hydrogen) atoms. The zero-order valence-corrected chi connectivity index (χ0v) is 18.1. The van der Waals surface area contributed by atoms with Gasteiger partial charge in [-0.2, -0.15) is 0 Å². The van der Waals surface area contributed by atoms with Gasteiger partial charge in [0.15, 0.2) is 0 Å². The highest BCUT2D eigenvalue weighted by atomic mass is 14.6. The van der Waals surface area contributed by atoms with E-state index in [1.54, 1.807) is 0 Å². The third-order valence-corrected chi connectivity index (χ3v) is 9.48. The highest BCUT2D eigenvalue weighted by Crippen LogP contribution is 2.53. The van der Waals surface area contributed by atoms with E-state index in [1.165, 1.54) is 77.0 Å². The first-order chi connectivity index (χ1) is 12.2. The maximum absolute atomic E-state index is 6.16. The highest BCUT2D eigenvalue weighted by Gasteiger charge is 2.44. The summed E-state index contributed by atoms with van der Waals surface area (Å²) in [6.45, 7) is 10.3. The summed E-state index contributed by atoms with van der Waals surface area (Å²) in [7, 11) is 0. The topological polar surface area (TPSA) is 52.0 Å². The number of hydrogen-bond donors (Lipinski definition) is 2. The second kappa shape index (κ2) is 8.11. The van der Waals surface area contributed by atoms with Gasteiger partial charge in [-0.1, -0.05) is 27.7 Å². The molecule has 2 nitrogen and oxygen atoms in total.